The minimum atomic E-state index is -1.34. The molecule has 0 aliphatic rings. The Labute approximate surface area is 110 Å². The quantitative estimate of drug-likeness (QED) is 0.527. The summed E-state index contributed by atoms with van der Waals surface area (Å²) in [6, 6.07) is 4.11. The van der Waals surface area contributed by atoms with Gasteiger partial charge in [0.1, 0.15) is 5.56 Å². The highest BCUT2D eigenvalue weighted by Crippen LogP contribution is 2.22. The number of carbonyl (C=O) groups is 1. The van der Waals surface area contributed by atoms with Gasteiger partial charge in [0, 0.05) is 18.2 Å². The summed E-state index contributed by atoms with van der Waals surface area (Å²) in [5.41, 5.74) is -1.05. The number of nitrogens with zero attached hydrogens (tertiary/aromatic N) is 1. The summed E-state index contributed by atoms with van der Waals surface area (Å²) < 4.78 is 0. The van der Waals surface area contributed by atoms with Crippen LogP contribution in [-0.4, -0.2) is 33.3 Å². The second-order valence-electron chi connectivity index (χ2n) is 4.77. The summed E-state index contributed by atoms with van der Waals surface area (Å²) in [6.45, 7) is 3.47. The van der Waals surface area contributed by atoms with Gasteiger partial charge < -0.3 is 15.5 Å². The number of nitro groups is 1. The SMILES string of the molecule is CC(C)(CO)NCc1cccc([N+](=O)[O-])c1C(=O)O. The highest BCUT2D eigenvalue weighted by atomic mass is 16.6. The average Bonchev–Trinajstić information content (AvgIpc) is 2.35. The monoisotopic (exact) mass is 268 g/mol. The van der Waals surface area contributed by atoms with Crippen molar-refractivity contribution in [1.82, 2.24) is 5.32 Å². The van der Waals surface area contributed by atoms with Crippen molar-refractivity contribution in [3.8, 4) is 0 Å². The summed E-state index contributed by atoms with van der Waals surface area (Å²) in [6.07, 6.45) is 0. The van der Waals surface area contributed by atoms with E-state index < -0.39 is 22.1 Å². The van der Waals surface area contributed by atoms with Crippen molar-refractivity contribution in [3.05, 3.63) is 39.4 Å². The van der Waals surface area contributed by atoms with Gasteiger partial charge in [-0.1, -0.05) is 12.1 Å². The molecule has 0 spiro atoms. The zero-order valence-corrected chi connectivity index (χ0v) is 10.7. The molecule has 104 valence electrons. The van der Waals surface area contributed by atoms with E-state index in [1.807, 2.05) is 0 Å². The number of aromatic carboxylic acids is 1. The Balaban J connectivity index is 3.11. The largest absolute Gasteiger partial charge is 0.477 e. The van der Waals surface area contributed by atoms with E-state index in [1.54, 1.807) is 13.8 Å². The first-order valence-corrected chi connectivity index (χ1v) is 5.64. The van der Waals surface area contributed by atoms with Crippen LogP contribution in [-0.2, 0) is 6.54 Å². The average molecular weight is 268 g/mol. The smallest absolute Gasteiger partial charge is 0.343 e. The Morgan fingerprint density at radius 2 is 2.11 bits per heavy atom. The number of nitro benzene ring substituents is 1. The molecule has 0 aromatic heterocycles. The number of nitrogens with one attached hydrogen (secondary N) is 1. The normalized spacial score (nSPS) is 11.3. The Kier molecular flexibility index (Phi) is 4.57. The number of aliphatic hydroxyl groups is 1. The van der Waals surface area contributed by atoms with Crippen molar-refractivity contribution in [1.29, 1.82) is 0 Å². The van der Waals surface area contributed by atoms with Crippen molar-refractivity contribution in [3.63, 3.8) is 0 Å². The summed E-state index contributed by atoms with van der Waals surface area (Å²) in [5.74, 6) is -1.34. The van der Waals surface area contributed by atoms with Gasteiger partial charge in [-0.05, 0) is 19.4 Å². The molecular weight excluding hydrogens is 252 g/mol. The molecule has 0 atom stereocenters. The molecule has 19 heavy (non-hydrogen) atoms. The predicted octanol–water partition coefficient (Wildman–Crippen LogP) is 1.15. The summed E-state index contributed by atoms with van der Waals surface area (Å²) in [4.78, 5) is 21.3. The molecule has 0 amide bonds. The molecule has 1 aromatic rings. The fourth-order valence-electron chi connectivity index (χ4n) is 1.52. The van der Waals surface area contributed by atoms with Crippen LogP contribution in [0.25, 0.3) is 0 Å². The molecule has 0 bridgehead atoms. The van der Waals surface area contributed by atoms with E-state index in [9.17, 15) is 14.9 Å². The van der Waals surface area contributed by atoms with E-state index in [0.717, 1.165) is 6.07 Å². The fourth-order valence-corrected chi connectivity index (χ4v) is 1.52. The van der Waals surface area contributed by atoms with Crippen LogP contribution in [0.1, 0.15) is 29.8 Å². The number of carboxylic acid groups (broad SMARTS) is 1. The summed E-state index contributed by atoms with van der Waals surface area (Å²) in [5, 5.41) is 32.0. The number of hydrogen-bond acceptors (Lipinski definition) is 5. The van der Waals surface area contributed by atoms with E-state index in [-0.39, 0.29) is 18.7 Å². The van der Waals surface area contributed by atoms with Crippen molar-refractivity contribution >= 4 is 11.7 Å². The maximum Gasteiger partial charge on any atom is 0.343 e. The third-order valence-electron chi connectivity index (χ3n) is 2.69. The van der Waals surface area contributed by atoms with E-state index in [1.165, 1.54) is 12.1 Å². The fraction of sp³-hybridized carbons (Fsp3) is 0.417. The van der Waals surface area contributed by atoms with Crippen LogP contribution >= 0.6 is 0 Å². The Bertz CT molecular complexity index is 499. The Morgan fingerprint density at radius 3 is 2.58 bits per heavy atom. The summed E-state index contributed by atoms with van der Waals surface area (Å²) in [7, 11) is 0. The Hall–Kier alpha value is -1.99. The second-order valence-corrected chi connectivity index (χ2v) is 4.77. The van der Waals surface area contributed by atoms with Crippen LogP contribution in [0.15, 0.2) is 18.2 Å². The number of carboxylic acids is 1. The molecule has 1 rings (SSSR count). The van der Waals surface area contributed by atoms with Gasteiger partial charge in [-0.2, -0.15) is 0 Å². The van der Waals surface area contributed by atoms with Gasteiger partial charge in [-0.3, -0.25) is 10.1 Å². The van der Waals surface area contributed by atoms with Gasteiger partial charge >= 0.3 is 5.97 Å². The molecule has 0 fully saturated rings. The minimum absolute atomic E-state index is 0.122. The lowest BCUT2D eigenvalue weighted by Gasteiger charge is -2.23. The second kappa shape index (κ2) is 5.77. The molecule has 7 heteroatoms. The third kappa shape index (κ3) is 3.73. The van der Waals surface area contributed by atoms with Gasteiger partial charge in [-0.25, -0.2) is 4.79 Å². The predicted molar refractivity (Wildman–Crippen MR) is 68.1 cm³/mol. The van der Waals surface area contributed by atoms with Crippen LogP contribution in [0.5, 0.6) is 0 Å². The first-order valence-electron chi connectivity index (χ1n) is 5.64. The van der Waals surface area contributed by atoms with Gasteiger partial charge in [0.2, 0.25) is 0 Å². The number of rotatable bonds is 6. The zero-order valence-electron chi connectivity index (χ0n) is 10.7. The first-order chi connectivity index (χ1) is 8.78. The molecule has 7 nitrogen and oxygen atoms in total. The third-order valence-corrected chi connectivity index (χ3v) is 2.69. The number of hydrogen-bond donors (Lipinski definition) is 3. The van der Waals surface area contributed by atoms with Crippen molar-refractivity contribution in [2.24, 2.45) is 0 Å². The molecular formula is C12H16N2O5. The lowest BCUT2D eigenvalue weighted by Crippen LogP contribution is -2.42. The van der Waals surface area contributed by atoms with E-state index in [2.05, 4.69) is 5.32 Å². The van der Waals surface area contributed by atoms with Gasteiger partial charge in [0.05, 0.1) is 11.5 Å². The van der Waals surface area contributed by atoms with Crippen LogP contribution in [0.2, 0.25) is 0 Å². The van der Waals surface area contributed by atoms with E-state index in [0.29, 0.717) is 5.56 Å². The van der Waals surface area contributed by atoms with Crippen LogP contribution in [0.4, 0.5) is 5.69 Å². The highest BCUT2D eigenvalue weighted by Gasteiger charge is 2.24. The summed E-state index contributed by atoms with van der Waals surface area (Å²) >= 11 is 0. The van der Waals surface area contributed by atoms with Crippen molar-refractivity contribution in [2.45, 2.75) is 25.9 Å². The van der Waals surface area contributed by atoms with Crippen LogP contribution < -0.4 is 5.32 Å². The molecule has 0 unspecified atom stereocenters. The maximum absolute atomic E-state index is 11.2. The molecule has 0 aliphatic heterocycles. The molecule has 3 N–H and O–H groups in total. The standard InChI is InChI=1S/C12H16N2O5/c1-12(2,7-15)13-6-8-4-3-5-9(14(18)19)10(8)11(16)17/h3-5,13,15H,6-7H2,1-2H3,(H,16,17). The van der Waals surface area contributed by atoms with E-state index >= 15 is 0 Å². The molecule has 0 saturated heterocycles. The zero-order chi connectivity index (χ0) is 14.6. The van der Waals surface area contributed by atoms with Gasteiger partial charge in [0.25, 0.3) is 5.69 Å². The van der Waals surface area contributed by atoms with Crippen molar-refractivity contribution in [2.75, 3.05) is 6.61 Å². The van der Waals surface area contributed by atoms with Gasteiger partial charge in [0.15, 0.2) is 0 Å². The molecule has 1 aromatic carbocycles. The molecule has 0 radical (unpaired) electrons. The lowest BCUT2D eigenvalue weighted by molar-refractivity contribution is -0.385. The molecule has 0 saturated carbocycles. The van der Waals surface area contributed by atoms with Crippen LogP contribution in [0, 0.1) is 10.1 Å². The Morgan fingerprint density at radius 1 is 1.47 bits per heavy atom. The maximum atomic E-state index is 11.2. The lowest BCUT2D eigenvalue weighted by atomic mass is 10.0. The van der Waals surface area contributed by atoms with E-state index in [4.69, 9.17) is 10.2 Å². The number of benzene rings is 1. The first kappa shape index (κ1) is 15.1. The topological polar surface area (TPSA) is 113 Å². The van der Waals surface area contributed by atoms with Gasteiger partial charge in [-0.15, -0.1) is 0 Å². The van der Waals surface area contributed by atoms with Crippen LogP contribution in [0.3, 0.4) is 0 Å². The highest BCUT2D eigenvalue weighted by molar-refractivity contribution is 5.94. The molecule has 0 heterocycles. The number of aliphatic hydroxyl groups excluding tert-OH is 1. The molecule has 0 aliphatic carbocycles. The van der Waals surface area contributed by atoms with Crippen molar-refractivity contribution < 1.29 is 19.9 Å². The minimum Gasteiger partial charge on any atom is -0.477 e.